The zero-order chi connectivity index (χ0) is 18.9. The molecule has 2 aromatic carbocycles. The Hall–Kier alpha value is -2.66. The summed E-state index contributed by atoms with van der Waals surface area (Å²) in [5.41, 5.74) is 1.93. The molecule has 0 atom stereocenters. The minimum atomic E-state index is -0.231. The van der Waals surface area contributed by atoms with Gasteiger partial charge in [0.2, 0.25) is 0 Å². The molecule has 28 heavy (non-hydrogen) atoms. The van der Waals surface area contributed by atoms with Crippen LogP contribution in [0.4, 0.5) is 10.2 Å². The van der Waals surface area contributed by atoms with Gasteiger partial charge >= 0.3 is 0 Å². The molecule has 0 N–H and O–H groups in total. The number of rotatable bonds is 5. The molecule has 1 aliphatic carbocycles. The van der Waals surface area contributed by atoms with E-state index in [0.717, 1.165) is 60.3 Å². The number of ether oxygens (including phenoxy) is 1. The second-order valence-electron chi connectivity index (χ2n) is 7.69. The lowest BCUT2D eigenvalue weighted by atomic mass is 10.2. The minimum Gasteiger partial charge on any atom is -0.489 e. The molecule has 2 aliphatic rings. The van der Waals surface area contributed by atoms with Gasteiger partial charge in [-0.1, -0.05) is 12.1 Å². The molecule has 0 amide bonds. The van der Waals surface area contributed by atoms with Gasteiger partial charge in [0, 0.05) is 37.6 Å². The molecule has 4 nitrogen and oxygen atoms in total. The Morgan fingerprint density at radius 3 is 2.46 bits per heavy atom. The van der Waals surface area contributed by atoms with Gasteiger partial charge < -0.3 is 9.64 Å². The third-order valence-corrected chi connectivity index (χ3v) is 5.67. The van der Waals surface area contributed by atoms with Crippen molar-refractivity contribution in [1.82, 2.24) is 9.88 Å². The first-order valence-corrected chi connectivity index (χ1v) is 10.0. The summed E-state index contributed by atoms with van der Waals surface area (Å²) in [5, 5.41) is 1.07. The van der Waals surface area contributed by atoms with Gasteiger partial charge in [0.15, 0.2) is 0 Å². The van der Waals surface area contributed by atoms with Crippen LogP contribution in [0.3, 0.4) is 0 Å². The second-order valence-corrected chi connectivity index (χ2v) is 7.69. The summed E-state index contributed by atoms with van der Waals surface area (Å²) >= 11 is 0. The molecule has 3 aromatic rings. The second kappa shape index (κ2) is 7.40. The standard InChI is InChI=1S/C23H24FN3O/c24-19-4-1-17(2-5-19)16-28-21-8-9-22-18(15-21)3-10-23(25-22)27-13-11-26(12-14-27)20-6-7-20/h1-5,8-10,15,20H,6-7,11-14,16H2. The van der Waals surface area contributed by atoms with Crippen molar-refractivity contribution in [3.05, 3.63) is 66.0 Å². The summed E-state index contributed by atoms with van der Waals surface area (Å²) in [4.78, 5) is 9.86. The van der Waals surface area contributed by atoms with E-state index in [4.69, 9.17) is 9.72 Å². The molecule has 144 valence electrons. The molecule has 1 saturated heterocycles. The van der Waals surface area contributed by atoms with Crippen molar-refractivity contribution < 1.29 is 9.13 Å². The molecule has 0 bridgehead atoms. The van der Waals surface area contributed by atoms with Crippen molar-refractivity contribution in [2.75, 3.05) is 31.1 Å². The number of anilines is 1. The van der Waals surface area contributed by atoms with Crippen LogP contribution in [0.5, 0.6) is 5.75 Å². The van der Waals surface area contributed by atoms with Crippen molar-refractivity contribution in [3.8, 4) is 5.75 Å². The summed E-state index contributed by atoms with van der Waals surface area (Å²) in [7, 11) is 0. The van der Waals surface area contributed by atoms with Crippen molar-refractivity contribution in [2.24, 2.45) is 0 Å². The topological polar surface area (TPSA) is 28.6 Å². The van der Waals surface area contributed by atoms with E-state index in [9.17, 15) is 4.39 Å². The van der Waals surface area contributed by atoms with Gasteiger partial charge in [0.05, 0.1) is 5.52 Å². The average molecular weight is 377 g/mol. The first-order chi connectivity index (χ1) is 13.7. The fourth-order valence-corrected chi connectivity index (χ4v) is 3.86. The lowest BCUT2D eigenvalue weighted by Gasteiger charge is -2.35. The Morgan fingerprint density at radius 2 is 1.71 bits per heavy atom. The molecule has 1 saturated carbocycles. The highest BCUT2D eigenvalue weighted by Crippen LogP contribution is 2.29. The first kappa shape index (κ1) is 17.4. The normalized spacial score (nSPS) is 17.8. The molecule has 0 spiro atoms. The highest BCUT2D eigenvalue weighted by atomic mass is 19.1. The van der Waals surface area contributed by atoms with E-state index >= 15 is 0 Å². The lowest BCUT2D eigenvalue weighted by Crippen LogP contribution is -2.47. The molecule has 1 aromatic heterocycles. The van der Waals surface area contributed by atoms with Gasteiger partial charge in [0.1, 0.15) is 24.0 Å². The largest absolute Gasteiger partial charge is 0.489 e. The maximum absolute atomic E-state index is 13.0. The third kappa shape index (κ3) is 3.80. The highest BCUT2D eigenvalue weighted by molar-refractivity contribution is 5.81. The van der Waals surface area contributed by atoms with Crippen molar-refractivity contribution in [1.29, 1.82) is 0 Å². The summed E-state index contributed by atoms with van der Waals surface area (Å²) in [6, 6.07) is 17.5. The van der Waals surface area contributed by atoms with E-state index < -0.39 is 0 Å². The average Bonchev–Trinajstić information content (AvgIpc) is 3.58. The Kier molecular flexibility index (Phi) is 4.61. The number of nitrogens with zero attached hydrogens (tertiary/aromatic N) is 3. The molecule has 1 aliphatic heterocycles. The number of fused-ring (bicyclic) bond motifs is 1. The van der Waals surface area contributed by atoms with Crippen molar-refractivity contribution >= 4 is 16.7 Å². The van der Waals surface area contributed by atoms with Crippen LogP contribution in [0.25, 0.3) is 10.9 Å². The summed E-state index contributed by atoms with van der Waals surface area (Å²) in [6.07, 6.45) is 2.75. The van der Waals surface area contributed by atoms with Gasteiger partial charge in [-0.25, -0.2) is 9.37 Å². The van der Waals surface area contributed by atoms with Gasteiger partial charge in [-0.15, -0.1) is 0 Å². The molecule has 5 rings (SSSR count). The SMILES string of the molecule is Fc1ccc(COc2ccc3nc(N4CCN(C5CC5)CC4)ccc3c2)cc1. The van der Waals surface area contributed by atoms with Crippen LogP contribution in [0, 0.1) is 5.82 Å². The quantitative estimate of drug-likeness (QED) is 0.665. The summed E-state index contributed by atoms with van der Waals surface area (Å²) in [5.74, 6) is 1.62. The fraction of sp³-hybridized carbons (Fsp3) is 0.348. The van der Waals surface area contributed by atoms with Crippen LogP contribution >= 0.6 is 0 Å². The molecule has 0 unspecified atom stereocenters. The first-order valence-electron chi connectivity index (χ1n) is 10.0. The number of hydrogen-bond donors (Lipinski definition) is 0. The molecular weight excluding hydrogens is 353 g/mol. The van der Waals surface area contributed by atoms with E-state index in [0.29, 0.717) is 6.61 Å². The smallest absolute Gasteiger partial charge is 0.129 e. The lowest BCUT2D eigenvalue weighted by molar-refractivity contribution is 0.247. The summed E-state index contributed by atoms with van der Waals surface area (Å²) in [6.45, 7) is 4.80. The maximum atomic E-state index is 13.0. The maximum Gasteiger partial charge on any atom is 0.129 e. The number of benzene rings is 2. The van der Waals surface area contributed by atoms with Gasteiger partial charge in [-0.3, -0.25) is 4.90 Å². The van der Waals surface area contributed by atoms with E-state index in [2.05, 4.69) is 21.9 Å². The van der Waals surface area contributed by atoms with Crippen LogP contribution < -0.4 is 9.64 Å². The van der Waals surface area contributed by atoms with E-state index in [-0.39, 0.29) is 5.82 Å². The van der Waals surface area contributed by atoms with Crippen LogP contribution in [-0.4, -0.2) is 42.1 Å². The Labute approximate surface area is 164 Å². The molecular formula is C23H24FN3O. The van der Waals surface area contributed by atoms with Crippen molar-refractivity contribution in [2.45, 2.75) is 25.5 Å². The predicted molar refractivity (Wildman–Crippen MR) is 109 cm³/mol. The van der Waals surface area contributed by atoms with Crippen LogP contribution in [-0.2, 0) is 6.61 Å². The Morgan fingerprint density at radius 1 is 0.929 bits per heavy atom. The number of halogens is 1. The fourth-order valence-electron chi connectivity index (χ4n) is 3.86. The number of hydrogen-bond acceptors (Lipinski definition) is 4. The van der Waals surface area contributed by atoms with E-state index in [1.807, 2.05) is 18.2 Å². The van der Waals surface area contributed by atoms with Crippen molar-refractivity contribution in [3.63, 3.8) is 0 Å². The zero-order valence-corrected chi connectivity index (χ0v) is 15.9. The number of aromatic nitrogens is 1. The minimum absolute atomic E-state index is 0.231. The van der Waals surface area contributed by atoms with Crippen LogP contribution in [0.15, 0.2) is 54.6 Å². The van der Waals surface area contributed by atoms with E-state index in [1.54, 1.807) is 12.1 Å². The molecule has 0 radical (unpaired) electrons. The van der Waals surface area contributed by atoms with Crippen LogP contribution in [0.2, 0.25) is 0 Å². The monoisotopic (exact) mass is 377 g/mol. The highest BCUT2D eigenvalue weighted by Gasteiger charge is 2.31. The number of piperazine rings is 1. The van der Waals surface area contributed by atoms with E-state index in [1.165, 1.54) is 25.0 Å². The van der Waals surface area contributed by atoms with Gasteiger partial charge in [-0.05, 0) is 60.9 Å². The van der Waals surface area contributed by atoms with Gasteiger partial charge in [0.25, 0.3) is 0 Å². The summed E-state index contributed by atoms with van der Waals surface area (Å²) < 4.78 is 18.9. The predicted octanol–water partition coefficient (Wildman–Crippen LogP) is 4.24. The van der Waals surface area contributed by atoms with Crippen LogP contribution in [0.1, 0.15) is 18.4 Å². The molecule has 2 heterocycles. The zero-order valence-electron chi connectivity index (χ0n) is 15.9. The Balaban J connectivity index is 1.26. The molecule has 5 heteroatoms. The third-order valence-electron chi connectivity index (χ3n) is 5.67. The number of pyridine rings is 1. The Bertz CT molecular complexity index is 963. The molecule has 2 fully saturated rings. The van der Waals surface area contributed by atoms with Gasteiger partial charge in [-0.2, -0.15) is 0 Å².